The molecule has 1 heterocycles. The predicted octanol–water partition coefficient (Wildman–Crippen LogP) is 4.34. The Hall–Kier alpha value is -3.22. The minimum absolute atomic E-state index is 0.0245. The third kappa shape index (κ3) is 5.39. The number of primary amides is 1. The van der Waals surface area contributed by atoms with Crippen LogP contribution in [0.5, 0.6) is 0 Å². The lowest BCUT2D eigenvalue weighted by molar-refractivity contribution is -0.132. The molecule has 0 unspecified atom stereocenters. The Kier molecular flexibility index (Phi) is 7.53. The number of aromatic nitrogens is 1. The Balaban J connectivity index is 1.46. The van der Waals surface area contributed by atoms with E-state index in [1.807, 2.05) is 55.6 Å². The monoisotopic (exact) mass is 490 g/mol. The number of nitrogens with zero attached hydrogens (tertiary/aromatic N) is 2. The van der Waals surface area contributed by atoms with Crippen molar-refractivity contribution in [3.05, 3.63) is 88.7 Å². The van der Waals surface area contributed by atoms with Gasteiger partial charge in [0, 0.05) is 41.8 Å². The molecule has 4 rings (SSSR count). The number of nitrogens with two attached hydrogens (primary N) is 2. The summed E-state index contributed by atoms with van der Waals surface area (Å²) in [5, 5.41) is 0.709. The van der Waals surface area contributed by atoms with Crippen LogP contribution in [0, 0.1) is 0 Å². The van der Waals surface area contributed by atoms with E-state index in [1.54, 1.807) is 17.2 Å². The molecule has 182 valence electrons. The van der Waals surface area contributed by atoms with Crippen molar-refractivity contribution in [2.24, 2.45) is 11.5 Å². The first kappa shape index (κ1) is 24.9. The van der Waals surface area contributed by atoms with Crippen LogP contribution in [0.1, 0.15) is 47.3 Å². The minimum Gasteiger partial charge on any atom is -0.366 e. The van der Waals surface area contributed by atoms with Crippen LogP contribution in [-0.2, 0) is 16.6 Å². The van der Waals surface area contributed by atoms with Crippen LogP contribution in [0.3, 0.4) is 0 Å². The fourth-order valence-corrected chi connectivity index (χ4v) is 5.27. The van der Waals surface area contributed by atoms with Gasteiger partial charge in [-0.25, -0.2) is 0 Å². The lowest BCUT2D eigenvalue weighted by Crippen LogP contribution is -2.46. The molecule has 1 aliphatic rings. The molecule has 0 atom stereocenters. The average Bonchev–Trinajstić information content (AvgIpc) is 2.89. The summed E-state index contributed by atoms with van der Waals surface area (Å²) in [7, 11) is 1.82. The maximum atomic E-state index is 13.2. The van der Waals surface area contributed by atoms with E-state index in [4.69, 9.17) is 23.1 Å². The molecule has 6 nitrogen and oxygen atoms in total. The molecule has 0 bridgehead atoms. The second kappa shape index (κ2) is 10.6. The Morgan fingerprint density at radius 1 is 1.06 bits per heavy atom. The van der Waals surface area contributed by atoms with Crippen LogP contribution in [0.4, 0.5) is 0 Å². The first-order valence-corrected chi connectivity index (χ1v) is 12.3. The zero-order valence-electron chi connectivity index (χ0n) is 19.9. The van der Waals surface area contributed by atoms with Gasteiger partial charge in [0.25, 0.3) is 5.91 Å². The molecule has 1 aromatic heterocycles. The molecule has 4 N–H and O–H groups in total. The van der Waals surface area contributed by atoms with Crippen LogP contribution in [0.25, 0.3) is 11.1 Å². The van der Waals surface area contributed by atoms with Crippen LogP contribution < -0.4 is 11.5 Å². The molecule has 1 aliphatic carbocycles. The fraction of sp³-hybridized carbons (Fsp3) is 0.321. The maximum absolute atomic E-state index is 13.2. The molecule has 0 aliphatic heterocycles. The summed E-state index contributed by atoms with van der Waals surface area (Å²) in [5.41, 5.74) is 15.3. The van der Waals surface area contributed by atoms with E-state index in [0.29, 0.717) is 17.3 Å². The third-order valence-corrected chi connectivity index (χ3v) is 7.58. The van der Waals surface area contributed by atoms with Crippen molar-refractivity contribution < 1.29 is 9.59 Å². The normalized spacial score (nSPS) is 19.8. The largest absolute Gasteiger partial charge is 0.366 e. The van der Waals surface area contributed by atoms with Gasteiger partial charge in [-0.05, 0) is 55.0 Å². The number of likely N-dealkylation sites (N-methyl/N-ethyl adjacent to an activating group) is 1. The highest BCUT2D eigenvalue weighted by Crippen LogP contribution is 2.40. The third-order valence-electron chi connectivity index (χ3n) is 7.34. The summed E-state index contributed by atoms with van der Waals surface area (Å²) in [6, 6.07) is 19.4. The second-order valence-corrected chi connectivity index (χ2v) is 9.79. The summed E-state index contributed by atoms with van der Waals surface area (Å²) in [4.78, 5) is 31.6. The van der Waals surface area contributed by atoms with Gasteiger partial charge in [-0.15, -0.1) is 0 Å². The zero-order chi connectivity index (χ0) is 25.0. The van der Waals surface area contributed by atoms with Gasteiger partial charge in [-0.3, -0.25) is 14.6 Å². The van der Waals surface area contributed by atoms with Gasteiger partial charge in [0.05, 0.1) is 17.7 Å². The first-order chi connectivity index (χ1) is 16.8. The molecule has 1 saturated carbocycles. The van der Waals surface area contributed by atoms with Gasteiger partial charge in [-0.1, -0.05) is 54.1 Å². The van der Waals surface area contributed by atoms with Gasteiger partial charge in [0.1, 0.15) is 0 Å². The minimum atomic E-state index is -0.590. The molecular weight excluding hydrogens is 460 g/mol. The number of hydrogen-bond donors (Lipinski definition) is 2. The SMILES string of the molecule is CN(C(=O)Cc1ncc(-c2ccccc2)cc1C(N)=O)C1CCC(CN)(c2cccc(Cl)c2)CC1. The molecule has 3 aromatic rings. The topological polar surface area (TPSA) is 102 Å². The number of carbonyl (C=O) groups excluding carboxylic acids is 2. The first-order valence-electron chi connectivity index (χ1n) is 11.9. The molecule has 35 heavy (non-hydrogen) atoms. The lowest BCUT2D eigenvalue weighted by atomic mass is 9.68. The highest BCUT2D eigenvalue weighted by molar-refractivity contribution is 6.30. The van der Waals surface area contributed by atoms with E-state index in [0.717, 1.165) is 42.4 Å². The quantitative estimate of drug-likeness (QED) is 0.514. The smallest absolute Gasteiger partial charge is 0.250 e. The number of amides is 2. The van der Waals surface area contributed by atoms with E-state index in [9.17, 15) is 9.59 Å². The van der Waals surface area contributed by atoms with Crippen molar-refractivity contribution >= 4 is 23.4 Å². The summed E-state index contributed by atoms with van der Waals surface area (Å²) in [6.45, 7) is 0.539. The zero-order valence-corrected chi connectivity index (χ0v) is 20.7. The van der Waals surface area contributed by atoms with E-state index < -0.39 is 5.91 Å². The van der Waals surface area contributed by atoms with Crippen molar-refractivity contribution in [1.29, 1.82) is 0 Å². The van der Waals surface area contributed by atoms with Gasteiger partial charge < -0.3 is 16.4 Å². The van der Waals surface area contributed by atoms with Crippen molar-refractivity contribution in [1.82, 2.24) is 9.88 Å². The maximum Gasteiger partial charge on any atom is 0.250 e. The number of benzene rings is 2. The molecule has 2 aromatic carbocycles. The molecule has 0 spiro atoms. The molecule has 0 radical (unpaired) electrons. The number of carbonyl (C=O) groups is 2. The van der Waals surface area contributed by atoms with Crippen LogP contribution in [0.2, 0.25) is 5.02 Å². The Labute approximate surface area is 211 Å². The van der Waals surface area contributed by atoms with Crippen LogP contribution in [0.15, 0.2) is 66.9 Å². The van der Waals surface area contributed by atoms with Crippen molar-refractivity contribution in [3.8, 4) is 11.1 Å². The van der Waals surface area contributed by atoms with E-state index >= 15 is 0 Å². The molecule has 1 fully saturated rings. The average molecular weight is 491 g/mol. The lowest BCUT2D eigenvalue weighted by Gasteiger charge is -2.42. The number of rotatable bonds is 7. The van der Waals surface area contributed by atoms with E-state index in [2.05, 4.69) is 11.1 Å². The van der Waals surface area contributed by atoms with Gasteiger partial charge >= 0.3 is 0 Å². The standard InChI is InChI=1S/C28H31ClN4O2/c1-33(23-10-12-28(18-30,13-11-23)21-8-5-9-22(29)15-21)26(34)16-25-24(27(31)35)14-20(17-32-25)19-6-3-2-4-7-19/h2-9,14-15,17,23H,10-13,16,18,30H2,1H3,(H2,31,35). The Morgan fingerprint density at radius 3 is 2.40 bits per heavy atom. The number of halogens is 1. The molecule has 2 amide bonds. The summed E-state index contributed by atoms with van der Waals surface area (Å²) in [5.74, 6) is -0.673. The van der Waals surface area contributed by atoms with Crippen LogP contribution in [-0.4, -0.2) is 41.3 Å². The van der Waals surface area contributed by atoms with E-state index in [1.165, 1.54) is 0 Å². The summed E-state index contributed by atoms with van der Waals surface area (Å²) >= 11 is 6.23. The molecule has 0 saturated heterocycles. The summed E-state index contributed by atoms with van der Waals surface area (Å²) in [6.07, 6.45) is 5.15. The van der Waals surface area contributed by atoms with Gasteiger partial charge in [-0.2, -0.15) is 0 Å². The molecular formula is C28H31ClN4O2. The van der Waals surface area contributed by atoms with Gasteiger partial charge in [0.15, 0.2) is 0 Å². The van der Waals surface area contributed by atoms with Crippen molar-refractivity contribution in [2.75, 3.05) is 13.6 Å². The highest BCUT2D eigenvalue weighted by atomic mass is 35.5. The van der Waals surface area contributed by atoms with Crippen molar-refractivity contribution in [2.45, 2.75) is 43.6 Å². The second-order valence-electron chi connectivity index (χ2n) is 9.36. The fourth-order valence-electron chi connectivity index (χ4n) is 5.08. The van der Waals surface area contributed by atoms with Gasteiger partial charge in [0.2, 0.25) is 5.91 Å². The predicted molar refractivity (Wildman–Crippen MR) is 139 cm³/mol. The Bertz CT molecular complexity index is 1210. The van der Waals surface area contributed by atoms with E-state index in [-0.39, 0.29) is 29.3 Å². The molecule has 7 heteroatoms. The van der Waals surface area contributed by atoms with Crippen LogP contribution >= 0.6 is 11.6 Å². The number of hydrogen-bond acceptors (Lipinski definition) is 4. The Morgan fingerprint density at radius 2 is 1.77 bits per heavy atom. The number of pyridine rings is 1. The summed E-state index contributed by atoms with van der Waals surface area (Å²) < 4.78 is 0. The van der Waals surface area contributed by atoms with Crippen molar-refractivity contribution in [3.63, 3.8) is 0 Å². The highest BCUT2D eigenvalue weighted by Gasteiger charge is 2.38.